The SMILES string of the molecule is Cc1cnc2c(c1)CC(N)CC2. The zero-order valence-corrected chi connectivity index (χ0v) is 7.38. The lowest BCUT2D eigenvalue weighted by Gasteiger charge is -2.20. The molecule has 0 aliphatic heterocycles. The first-order valence-corrected chi connectivity index (χ1v) is 4.45. The summed E-state index contributed by atoms with van der Waals surface area (Å²) in [5.74, 6) is 0. The van der Waals surface area contributed by atoms with Crippen LogP contribution in [0.5, 0.6) is 0 Å². The first-order valence-electron chi connectivity index (χ1n) is 4.45. The molecule has 12 heavy (non-hydrogen) atoms. The Labute approximate surface area is 72.8 Å². The Morgan fingerprint density at radius 1 is 1.58 bits per heavy atom. The van der Waals surface area contributed by atoms with Gasteiger partial charge in [0.2, 0.25) is 0 Å². The first kappa shape index (κ1) is 7.74. The van der Waals surface area contributed by atoms with Gasteiger partial charge in [0.05, 0.1) is 0 Å². The lowest BCUT2D eigenvalue weighted by Crippen LogP contribution is -2.28. The van der Waals surface area contributed by atoms with Crippen LogP contribution in [0, 0.1) is 6.92 Å². The molecule has 2 nitrogen and oxygen atoms in total. The average molecular weight is 162 g/mol. The van der Waals surface area contributed by atoms with Crippen molar-refractivity contribution in [1.82, 2.24) is 4.98 Å². The molecule has 1 unspecified atom stereocenters. The van der Waals surface area contributed by atoms with Gasteiger partial charge in [0.15, 0.2) is 0 Å². The molecule has 0 bridgehead atoms. The van der Waals surface area contributed by atoms with E-state index < -0.39 is 0 Å². The molecular weight excluding hydrogens is 148 g/mol. The van der Waals surface area contributed by atoms with Crippen LogP contribution in [-0.4, -0.2) is 11.0 Å². The first-order chi connectivity index (χ1) is 5.75. The summed E-state index contributed by atoms with van der Waals surface area (Å²) in [5, 5.41) is 0. The zero-order chi connectivity index (χ0) is 8.55. The molecule has 1 atom stereocenters. The third kappa shape index (κ3) is 1.34. The maximum absolute atomic E-state index is 5.87. The Hall–Kier alpha value is -0.890. The molecule has 0 aromatic carbocycles. The second kappa shape index (κ2) is 2.87. The maximum atomic E-state index is 5.87. The number of hydrogen-bond acceptors (Lipinski definition) is 2. The quantitative estimate of drug-likeness (QED) is 0.622. The van der Waals surface area contributed by atoms with Gasteiger partial charge in [-0.1, -0.05) is 6.07 Å². The van der Waals surface area contributed by atoms with Gasteiger partial charge in [0, 0.05) is 17.9 Å². The van der Waals surface area contributed by atoms with Gasteiger partial charge in [-0.3, -0.25) is 4.98 Å². The van der Waals surface area contributed by atoms with Gasteiger partial charge in [-0.2, -0.15) is 0 Å². The zero-order valence-electron chi connectivity index (χ0n) is 7.38. The second-order valence-corrected chi connectivity index (χ2v) is 3.62. The van der Waals surface area contributed by atoms with Gasteiger partial charge in [-0.25, -0.2) is 0 Å². The summed E-state index contributed by atoms with van der Waals surface area (Å²) < 4.78 is 0. The molecule has 0 spiro atoms. The third-order valence-electron chi connectivity index (χ3n) is 2.43. The van der Waals surface area contributed by atoms with Crippen molar-refractivity contribution in [3.8, 4) is 0 Å². The highest BCUT2D eigenvalue weighted by atomic mass is 14.7. The summed E-state index contributed by atoms with van der Waals surface area (Å²) in [6, 6.07) is 2.56. The van der Waals surface area contributed by atoms with E-state index in [1.165, 1.54) is 16.8 Å². The minimum Gasteiger partial charge on any atom is -0.327 e. The summed E-state index contributed by atoms with van der Waals surface area (Å²) in [6.45, 7) is 2.08. The van der Waals surface area contributed by atoms with Crippen molar-refractivity contribution in [1.29, 1.82) is 0 Å². The highest BCUT2D eigenvalue weighted by Gasteiger charge is 2.15. The van der Waals surface area contributed by atoms with E-state index in [-0.39, 0.29) is 0 Å². The number of fused-ring (bicyclic) bond motifs is 1. The minimum atomic E-state index is 0.348. The van der Waals surface area contributed by atoms with Crippen LogP contribution in [0.3, 0.4) is 0 Å². The highest BCUT2D eigenvalue weighted by Crippen LogP contribution is 2.18. The topological polar surface area (TPSA) is 38.9 Å². The van der Waals surface area contributed by atoms with Crippen molar-refractivity contribution in [3.05, 3.63) is 29.1 Å². The van der Waals surface area contributed by atoms with Crippen LogP contribution in [0.2, 0.25) is 0 Å². The highest BCUT2D eigenvalue weighted by molar-refractivity contribution is 5.27. The summed E-state index contributed by atoms with van der Waals surface area (Å²) >= 11 is 0. The number of hydrogen-bond donors (Lipinski definition) is 1. The van der Waals surface area contributed by atoms with Crippen molar-refractivity contribution in [2.75, 3.05) is 0 Å². The Bertz CT molecular complexity index is 294. The number of nitrogens with zero attached hydrogens (tertiary/aromatic N) is 1. The fourth-order valence-corrected chi connectivity index (χ4v) is 1.77. The molecule has 2 heteroatoms. The summed E-state index contributed by atoms with van der Waals surface area (Å²) in [7, 11) is 0. The van der Waals surface area contributed by atoms with Crippen LogP contribution in [0.4, 0.5) is 0 Å². The standard InChI is InChI=1S/C10H14N2/c1-7-4-8-5-9(11)2-3-10(8)12-6-7/h4,6,9H,2-3,5,11H2,1H3. The monoisotopic (exact) mass is 162 g/mol. The van der Waals surface area contributed by atoms with Crippen molar-refractivity contribution in [3.63, 3.8) is 0 Å². The molecular formula is C10H14N2. The number of nitrogens with two attached hydrogens (primary N) is 1. The fraction of sp³-hybridized carbons (Fsp3) is 0.500. The van der Waals surface area contributed by atoms with Crippen molar-refractivity contribution in [2.45, 2.75) is 32.2 Å². The van der Waals surface area contributed by atoms with E-state index in [9.17, 15) is 0 Å². The smallest absolute Gasteiger partial charge is 0.0436 e. The minimum absolute atomic E-state index is 0.348. The van der Waals surface area contributed by atoms with E-state index in [4.69, 9.17) is 5.73 Å². The number of aryl methyl sites for hydroxylation is 2. The van der Waals surface area contributed by atoms with Gasteiger partial charge in [0.25, 0.3) is 0 Å². The molecule has 0 saturated heterocycles. The molecule has 1 aromatic heterocycles. The van der Waals surface area contributed by atoms with E-state index >= 15 is 0 Å². The average Bonchev–Trinajstić information content (AvgIpc) is 2.03. The van der Waals surface area contributed by atoms with Crippen LogP contribution >= 0.6 is 0 Å². The molecule has 1 heterocycles. The van der Waals surface area contributed by atoms with Crippen LogP contribution < -0.4 is 5.73 Å². The third-order valence-corrected chi connectivity index (χ3v) is 2.43. The van der Waals surface area contributed by atoms with Gasteiger partial charge in [-0.05, 0) is 37.3 Å². The van der Waals surface area contributed by atoms with Gasteiger partial charge < -0.3 is 5.73 Å². The van der Waals surface area contributed by atoms with Crippen molar-refractivity contribution < 1.29 is 0 Å². The normalized spacial score (nSPS) is 22.0. The molecule has 1 aliphatic rings. The van der Waals surface area contributed by atoms with E-state index in [1.807, 2.05) is 6.20 Å². The maximum Gasteiger partial charge on any atom is 0.0436 e. The van der Waals surface area contributed by atoms with Gasteiger partial charge >= 0.3 is 0 Å². The van der Waals surface area contributed by atoms with Crippen LogP contribution in [0.15, 0.2) is 12.3 Å². The van der Waals surface area contributed by atoms with Crippen LogP contribution in [-0.2, 0) is 12.8 Å². The Balaban J connectivity index is 2.37. The van der Waals surface area contributed by atoms with Crippen LogP contribution in [0.1, 0.15) is 23.2 Å². The van der Waals surface area contributed by atoms with E-state index in [0.717, 1.165) is 19.3 Å². The summed E-state index contributed by atoms with van der Waals surface area (Å²) in [4.78, 5) is 4.40. The van der Waals surface area contributed by atoms with E-state index in [1.54, 1.807) is 0 Å². The molecule has 0 radical (unpaired) electrons. The predicted molar refractivity (Wildman–Crippen MR) is 49.0 cm³/mol. The lowest BCUT2D eigenvalue weighted by molar-refractivity contribution is 0.566. The van der Waals surface area contributed by atoms with Gasteiger partial charge in [0.1, 0.15) is 0 Å². The largest absolute Gasteiger partial charge is 0.327 e. The van der Waals surface area contributed by atoms with Crippen LogP contribution in [0.25, 0.3) is 0 Å². The summed E-state index contributed by atoms with van der Waals surface area (Å²) in [5.41, 5.74) is 9.72. The van der Waals surface area contributed by atoms with Crippen molar-refractivity contribution >= 4 is 0 Å². The van der Waals surface area contributed by atoms with E-state index in [0.29, 0.717) is 6.04 Å². The molecule has 1 aromatic rings. The lowest BCUT2D eigenvalue weighted by atomic mass is 9.92. The molecule has 1 aliphatic carbocycles. The molecule has 2 N–H and O–H groups in total. The van der Waals surface area contributed by atoms with Crippen molar-refractivity contribution in [2.24, 2.45) is 5.73 Å². The molecule has 0 saturated carbocycles. The number of aromatic nitrogens is 1. The van der Waals surface area contributed by atoms with Gasteiger partial charge in [-0.15, -0.1) is 0 Å². The molecule has 64 valence electrons. The Morgan fingerprint density at radius 2 is 2.42 bits per heavy atom. The fourth-order valence-electron chi connectivity index (χ4n) is 1.77. The second-order valence-electron chi connectivity index (χ2n) is 3.62. The molecule has 0 fully saturated rings. The molecule has 2 rings (SSSR count). The molecule has 0 amide bonds. The summed E-state index contributed by atoms with van der Waals surface area (Å²) in [6.07, 6.45) is 5.08. The Kier molecular flexibility index (Phi) is 1.85. The number of rotatable bonds is 0. The Morgan fingerprint density at radius 3 is 3.25 bits per heavy atom. The predicted octanol–water partition coefficient (Wildman–Crippen LogP) is 1.21. The number of pyridine rings is 1. The van der Waals surface area contributed by atoms with E-state index in [2.05, 4.69) is 18.0 Å².